The Bertz CT molecular complexity index is 6790. The molecule has 4 aromatic carbocycles. The van der Waals surface area contributed by atoms with Gasteiger partial charge in [0.2, 0.25) is 0 Å². The lowest BCUT2D eigenvalue weighted by molar-refractivity contribution is 0.0374. The molecule has 29 heteroatoms. The standard InChI is InChI=1S/C25H28N4O3.C24H26N4O3.C23H26N4O4.C23H26N4O3/c1-16-13-29-14-22(27-24(29)17(2)26-16)21-12-19-8-7-18(11-23(19)32-25(21)31)5-3-9-28-10-4-6-20(28)15-30;1-16-14-28-15-21(26-23(28)17(2)25-16)20-13-19-6-5-18(12-22(19)31-24(20)29)4-3-7-27-8-10-30-11-9-27;1-14-10-27-11-20(26-22(27)15(2)25-14)19-9-17-6-5-16(8-21(17)31-23(19)30)4-3-7-24-18(12-28)13-29;1-14-11-27-12-20(26-22(27)16(3)25-14)19-10-18-7-6-17(9-21(18)30-23(19)29)5-4-8-24-15(2)13-28/h7-8,11-14,20,30H,3-6,9-10,15H2,1-2H3;5-6,12-15H,3-4,7-11H2,1-2H3;5-6,8-11,18,24,28-29H,3-4,7,12-13H2,1-2H3;6-7,9-12,15,24,28H,4-5,8,13H2,1-3H3/t20-;;;/m1.../s1. The molecule has 124 heavy (non-hydrogen) atoms. The molecule has 644 valence electrons. The van der Waals surface area contributed by atoms with Gasteiger partial charge in [0.15, 0.2) is 22.6 Å². The maximum Gasteiger partial charge on any atom is 0.345 e. The van der Waals surface area contributed by atoms with Gasteiger partial charge in [-0.15, -0.1) is 0 Å². The monoisotopic (exact) mass is 1680 g/mol. The Morgan fingerprint density at radius 1 is 0.395 bits per heavy atom. The third-order valence-electron chi connectivity index (χ3n) is 22.8. The van der Waals surface area contributed by atoms with Gasteiger partial charge in [0.25, 0.3) is 0 Å². The molecule has 0 spiro atoms. The van der Waals surface area contributed by atoms with E-state index in [1.54, 1.807) is 0 Å². The van der Waals surface area contributed by atoms with E-state index in [1.165, 1.54) is 5.56 Å². The highest BCUT2D eigenvalue weighted by molar-refractivity contribution is 5.85. The topological polar surface area (TPSA) is 362 Å². The van der Waals surface area contributed by atoms with Gasteiger partial charge in [0, 0.05) is 96.3 Å². The van der Waals surface area contributed by atoms with Crippen LogP contribution in [0.1, 0.15) is 113 Å². The second-order valence-corrected chi connectivity index (χ2v) is 32.5. The summed E-state index contributed by atoms with van der Waals surface area (Å²) in [6, 6.07) is 31.5. The summed E-state index contributed by atoms with van der Waals surface area (Å²) in [7, 11) is 0. The minimum absolute atomic E-state index is 0.0953. The van der Waals surface area contributed by atoms with Crippen LogP contribution in [0.5, 0.6) is 0 Å². The summed E-state index contributed by atoms with van der Waals surface area (Å²) in [4.78, 5) is 91.9. The number of aliphatic hydroxyl groups excluding tert-OH is 4. The van der Waals surface area contributed by atoms with Crippen LogP contribution in [0.15, 0.2) is 183 Å². The fourth-order valence-electron chi connectivity index (χ4n) is 16.4. The number of nitrogens with zero attached hydrogens (tertiary/aromatic N) is 14. The quantitative estimate of drug-likeness (QED) is 0.0217. The highest BCUT2D eigenvalue weighted by atomic mass is 16.5. The third-order valence-corrected chi connectivity index (χ3v) is 22.8. The summed E-state index contributed by atoms with van der Waals surface area (Å²) in [6.45, 7) is 25.8. The minimum atomic E-state index is -0.425. The van der Waals surface area contributed by atoms with Crippen LogP contribution in [-0.4, -0.2) is 191 Å². The van der Waals surface area contributed by atoms with Gasteiger partial charge in [0.05, 0.1) is 136 Å². The maximum atomic E-state index is 12.8. The Balaban J connectivity index is 0.000000128. The lowest BCUT2D eigenvalue weighted by atomic mass is 10.1. The Morgan fingerprint density at radius 3 is 1.06 bits per heavy atom. The number of morpholine rings is 1. The molecule has 2 saturated heterocycles. The fourth-order valence-corrected chi connectivity index (χ4v) is 16.4. The molecule has 0 saturated carbocycles. The van der Waals surface area contributed by atoms with Crippen molar-refractivity contribution in [2.45, 2.75) is 145 Å². The molecule has 16 aromatic rings. The number of nitrogens with one attached hydrogen (secondary N) is 2. The average Bonchev–Trinajstić information content (AvgIpc) is 1.60. The van der Waals surface area contributed by atoms with Gasteiger partial charge in [-0.2, -0.15) is 0 Å². The number of fused-ring (bicyclic) bond motifs is 8. The summed E-state index contributed by atoms with van der Waals surface area (Å²) in [5.74, 6) is 0. The number of rotatable bonds is 26. The van der Waals surface area contributed by atoms with Crippen molar-refractivity contribution in [1.29, 1.82) is 0 Å². The zero-order valence-electron chi connectivity index (χ0n) is 71.6. The fraction of sp³-hybridized carbons (Fsp3) is 0.368. The molecule has 2 fully saturated rings. The molecular weight excluding hydrogens is 1570 g/mol. The van der Waals surface area contributed by atoms with E-state index in [0.717, 1.165) is 217 Å². The molecule has 14 heterocycles. The summed E-state index contributed by atoms with van der Waals surface area (Å²) < 4.78 is 35.6. The molecule has 12 aromatic heterocycles. The van der Waals surface area contributed by atoms with Gasteiger partial charge < -0.3 is 71.1 Å². The van der Waals surface area contributed by atoms with Crippen molar-refractivity contribution in [3.8, 4) is 45.0 Å². The van der Waals surface area contributed by atoms with Crippen LogP contribution in [-0.2, 0) is 30.4 Å². The van der Waals surface area contributed by atoms with Gasteiger partial charge in [-0.25, -0.2) is 39.1 Å². The van der Waals surface area contributed by atoms with Gasteiger partial charge in [-0.1, -0.05) is 48.5 Å². The molecule has 18 rings (SSSR count). The molecule has 0 aliphatic carbocycles. The number of hydrogen-bond donors (Lipinski definition) is 6. The van der Waals surface area contributed by atoms with Crippen molar-refractivity contribution in [3.05, 3.63) is 256 Å². The highest BCUT2D eigenvalue weighted by Crippen LogP contribution is 2.30. The zero-order chi connectivity index (χ0) is 86.8. The van der Waals surface area contributed by atoms with Crippen LogP contribution in [0.25, 0.3) is 111 Å². The van der Waals surface area contributed by atoms with E-state index in [1.807, 2.05) is 208 Å². The lowest BCUT2D eigenvalue weighted by Crippen LogP contribution is -2.36. The molecular formula is C95H106N16O13. The van der Waals surface area contributed by atoms with Crippen LogP contribution >= 0.6 is 0 Å². The van der Waals surface area contributed by atoms with Crippen LogP contribution in [0.3, 0.4) is 0 Å². The number of hydrogen-bond acceptors (Lipinski definition) is 25. The van der Waals surface area contributed by atoms with E-state index < -0.39 is 11.3 Å². The van der Waals surface area contributed by atoms with Crippen LogP contribution in [0.2, 0.25) is 0 Å². The number of aromatic nitrogens is 12. The molecule has 2 aliphatic heterocycles. The first kappa shape index (κ1) is 86.8. The highest BCUT2D eigenvalue weighted by Gasteiger charge is 2.25. The predicted molar refractivity (Wildman–Crippen MR) is 478 cm³/mol. The van der Waals surface area contributed by atoms with E-state index in [2.05, 4.69) is 78.5 Å². The summed E-state index contributed by atoms with van der Waals surface area (Å²) in [5, 5.41) is 46.5. The normalized spacial score (nSPS) is 14.2. The predicted octanol–water partition coefficient (Wildman–Crippen LogP) is 11.9. The van der Waals surface area contributed by atoms with Crippen LogP contribution in [0.4, 0.5) is 0 Å². The van der Waals surface area contributed by atoms with Crippen LogP contribution < -0.4 is 33.1 Å². The Kier molecular flexibility index (Phi) is 27.4. The first-order valence-electron chi connectivity index (χ1n) is 42.6. The molecule has 2 aliphatic rings. The Labute approximate surface area is 714 Å². The average molecular weight is 1680 g/mol. The zero-order valence-corrected chi connectivity index (χ0v) is 71.6. The smallest absolute Gasteiger partial charge is 0.345 e. The summed E-state index contributed by atoms with van der Waals surface area (Å²) >= 11 is 0. The van der Waals surface area contributed by atoms with Crippen molar-refractivity contribution in [2.75, 3.05) is 85.5 Å². The number of likely N-dealkylation sites (tertiary alicyclic amines) is 1. The number of aryl methyl sites for hydroxylation is 12. The summed E-state index contributed by atoms with van der Waals surface area (Å²) in [5.41, 5.74) is 19.1. The van der Waals surface area contributed by atoms with Crippen molar-refractivity contribution in [3.63, 3.8) is 0 Å². The van der Waals surface area contributed by atoms with E-state index in [0.29, 0.717) is 85.6 Å². The third kappa shape index (κ3) is 20.5. The second-order valence-electron chi connectivity index (χ2n) is 32.5. The van der Waals surface area contributed by atoms with Crippen molar-refractivity contribution in [2.24, 2.45) is 0 Å². The van der Waals surface area contributed by atoms with Crippen molar-refractivity contribution < 1.29 is 42.8 Å². The Hall–Kier alpha value is -12.2. The van der Waals surface area contributed by atoms with Crippen LogP contribution in [0, 0.1) is 55.4 Å². The lowest BCUT2D eigenvalue weighted by Gasteiger charge is -2.26. The van der Waals surface area contributed by atoms with E-state index in [4.69, 9.17) is 37.7 Å². The maximum absolute atomic E-state index is 12.8. The minimum Gasteiger partial charge on any atom is -0.422 e. The summed E-state index contributed by atoms with van der Waals surface area (Å²) in [6.07, 6.45) is 24.6. The molecule has 29 nitrogen and oxygen atoms in total. The molecule has 6 N–H and O–H groups in total. The molecule has 0 bridgehead atoms. The van der Waals surface area contributed by atoms with Gasteiger partial charge in [0.1, 0.15) is 22.3 Å². The molecule has 0 radical (unpaired) electrons. The second kappa shape index (κ2) is 39.1. The number of benzene rings is 4. The largest absolute Gasteiger partial charge is 0.422 e. The molecule has 0 amide bonds. The Morgan fingerprint density at radius 2 is 0.726 bits per heavy atom. The van der Waals surface area contributed by atoms with E-state index in [9.17, 15) is 24.3 Å². The number of imidazole rings is 4. The van der Waals surface area contributed by atoms with Crippen molar-refractivity contribution in [1.82, 2.24) is 77.9 Å². The van der Waals surface area contributed by atoms with Gasteiger partial charge in [-0.05, 0) is 230 Å². The van der Waals surface area contributed by atoms with Crippen molar-refractivity contribution >= 4 is 66.5 Å². The molecule has 2 atom stereocenters. The van der Waals surface area contributed by atoms with E-state index in [-0.39, 0.29) is 49.8 Å². The number of aliphatic hydroxyl groups is 4. The first-order valence-corrected chi connectivity index (χ1v) is 42.6. The van der Waals surface area contributed by atoms with Gasteiger partial charge in [-0.3, -0.25) is 29.7 Å². The SMILES string of the molecule is Cc1cn2cc(-c3cc4ccc(CCCN5CCC[C@@H]5CO)cc4oc3=O)nc2c(C)n1.Cc1cn2cc(-c3cc4ccc(CCCN5CCOCC5)cc4oc3=O)nc2c(C)n1.Cc1cn2cc(-c3cc4ccc(CCCNC(C)CO)cc4oc3=O)nc2c(C)n1.Cc1cn2cc(-c3cc4ccc(CCCNC(CO)CO)cc4oc3=O)nc2c(C)n1. The molecule has 1 unspecified atom stereocenters. The number of ether oxygens (including phenoxy) is 1. The first-order chi connectivity index (χ1) is 60.0. The van der Waals surface area contributed by atoms with E-state index >= 15 is 0 Å². The van der Waals surface area contributed by atoms with Gasteiger partial charge >= 0.3 is 22.5 Å².